The molecule has 0 unspecified atom stereocenters. The number of nitrogens with zero attached hydrogens (tertiary/aromatic N) is 5. The van der Waals surface area contributed by atoms with Gasteiger partial charge in [-0.1, -0.05) is 12.1 Å². The molecule has 0 atom stereocenters. The Kier molecular flexibility index (Phi) is 4.71. The molecule has 1 aliphatic heterocycles. The van der Waals surface area contributed by atoms with Gasteiger partial charge in [0.25, 0.3) is 5.91 Å². The van der Waals surface area contributed by atoms with Gasteiger partial charge in [0.2, 0.25) is 0 Å². The largest absolute Gasteiger partial charge is 0.361 e. The van der Waals surface area contributed by atoms with E-state index in [1.165, 1.54) is 0 Å². The fourth-order valence-corrected chi connectivity index (χ4v) is 3.61. The lowest BCUT2D eigenvalue weighted by atomic mass is 10.1. The molecule has 1 amide bonds. The lowest BCUT2D eigenvalue weighted by Gasteiger charge is -2.22. The van der Waals surface area contributed by atoms with Crippen molar-refractivity contribution in [3.8, 4) is 0 Å². The third-order valence-corrected chi connectivity index (χ3v) is 5.16. The Morgan fingerprint density at radius 3 is 2.92 bits per heavy atom. The summed E-state index contributed by atoms with van der Waals surface area (Å²) in [5.41, 5.74) is 1.70. The summed E-state index contributed by atoms with van der Waals surface area (Å²) in [5, 5.41) is 9.04. The highest BCUT2D eigenvalue weighted by Crippen LogP contribution is 2.19. The number of para-hydroxylation sites is 1. The maximum absolute atomic E-state index is 13.0. The van der Waals surface area contributed by atoms with Gasteiger partial charge in [0.1, 0.15) is 12.2 Å². The number of carbonyl (C=O) groups excluding carboxylic acids is 1. The van der Waals surface area contributed by atoms with Crippen molar-refractivity contribution in [2.24, 2.45) is 0 Å². The zero-order chi connectivity index (χ0) is 17.9. The van der Waals surface area contributed by atoms with Gasteiger partial charge >= 0.3 is 0 Å². The van der Waals surface area contributed by atoms with Crippen molar-refractivity contribution < 1.29 is 4.79 Å². The molecule has 1 aliphatic rings. The molecular formula is C19H24N6O. The number of H-pyrrole nitrogens is 1. The molecule has 0 saturated carbocycles. The summed E-state index contributed by atoms with van der Waals surface area (Å²) >= 11 is 0. The minimum Gasteiger partial charge on any atom is -0.361 e. The van der Waals surface area contributed by atoms with E-state index in [-0.39, 0.29) is 5.91 Å². The van der Waals surface area contributed by atoms with Gasteiger partial charge < -0.3 is 14.5 Å². The molecule has 26 heavy (non-hydrogen) atoms. The molecule has 7 nitrogen and oxygen atoms in total. The summed E-state index contributed by atoms with van der Waals surface area (Å²) in [5.74, 6) is 1.06. The van der Waals surface area contributed by atoms with Crippen LogP contribution < -0.4 is 0 Å². The third kappa shape index (κ3) is 3.35. The highest BCUT2D eigenvalue weighted by atomic mass is 16.2. The van der Waals surface area contributed by atoms with Gasteiger partial charge in [-0.2, -0.15) is 0 Å². The molecule has 1 saturated heterocycles. The molecular weight excluding hydrogens is 328 g/mol. The van der Waals surface area contributed by atoms with E-state index in [1.54, 1.807) is 6.33 Å². The Hall–Kier alpha value is -2.67. The van der Waals surface area contributed by atoms with Crippen LogP contribution in [-0.4, -0.2) is 68.2 Å². The maximum atomic E-state index is 13.0. The topological polar surface area (TPSA) is 70.1 Å². The Morgan fingerprint density at radius 1 is 1.15 bits per heavy atom. The second kappa shape index (κ2) is 7.29. The molecule has 1 N–H and O–H groups in total. The molecule has 0 spiro atoms. The standard InChI is InChI=1S/C19H24N6O/c1-15-22-21-14-25(15)13-11-23-8-3-9-24(12-10-23)19(26)17-5-2-4-16-6-7-20-18(16)17/h2,4-7,14,20H,3,8-13H2,1H3. The van der Waals surface area contributed by atoms with Crippen LogP contribution in [0.1, 0.15) is 22.6 Å². The number of rotatable bonds is 4. The summed E-state index contributed by atoms with van der Waals surface area (Å²) in [6.07, 6.45) is 4.66. The van der Waals surface area contributed by atoms with Crippen LogP contribution in [0.4, 0.5) is 0 Å². The van der Waals surface area contributed by atoms with Crippen molar-refractivity contribution in [2.75, 3.05) is 32.7 Å². The van der Waals surface area contributed by atoms with Crippen LogP contribution in [0.2, 0.25) is 0 Å². The number of aromatic amines is 1. The van der Waals surface area contributed by atoms with Crippen LogP contribution in [0.25, 0.3) is 10.9 Å². The molecule has 136 valence electrons. The first-order valence-corrected chi connectivity index (χ1v) is 9.14. The zero-order valence-corrected chi connectivity index (χ0v) is 15.1. The highest BCUT2D eigenvalue weighted by Gasteiger charge is 2.22. The smallest absolute Gasteiger partial charge is 0.256 e. The predicted octanol–water partition coefficient (Wildman–Crippen LogP) is 1.92. The summed E-state index contributed by atoms with van der Waals surface area (Å²) in [6, 6.07) is 7.90. The summed E-state index contributed by atoms with van der Waals surface area (Å²) < 4.78 is 2.07. The zero-order valence-electron chi connectivity index (χ0n) is 15.1. The number of hydrogen-bond acceptors (Lipinski definition) is 4. The van der Waals surface area contributed by atoms with Crippen LogP contribution in [0.5, 0.6) is 0 Å². The van der Waals surface area contributed by atoms with E-state index in [0.717, 1.165) is 68.0 Å². The van der Waals surface area contributed by atoms with Gasteiger partial charge in [0, 0.05) is 44.3 Å². The van der Waals surface area contributed by atoms with Crippen molar-refractivity contribution >= 4 is 16.8 Å². The van der Waals surface area contributed by atoms with E-state index in [1.807, 2.05) is 42.3 Å². The number of hydrogen-bond donors (Lipinski definition) is 1. The average Bonchev–Trinajstić information content (AvgIpc) is 3.22. The highest BCUT2D eigenvalue weighted by molar-refractivity contribution is 6.05. The van der Waals surface area contributed by atoms with E-state index in [0.29, 0.717) is 0 Å². The van der Waals surface area contributed by atoms with Gasteiger partial charge in [-0.3, -0.25) is 9.69 Å². The molecule has 2 aromatic heterocycles. The molecule has 4 rings (SSSR count). The van der Waals surface area contributed by atoms with Crippen LogP contribution in [-0.2, 0) is 6.54 Å². The van der Waals surface area contributed by atoms with Gasteiger partial charge in [0.15, 0.2) is 0 Å². The van der Waals surface area contributed by atoms with Crippen molar-refractivity contribution in [1.82, 2.24) is 29.5 Å². The van der Waals surface area contributed by atoms with Gasteiger partial charge in [-0.15, -0.1) is 10.2 Å². The minimum atomic E-state index is 0.120. The number of nitrogens with one attached hydrogen (secondary N) is 1. The fraction of sp³-hybridized carbons (Fsp3) is 0.421. The monoisotopic (exact) mass is 352 g/mol. The minimum absolute atomic E-state index is 0.120. The second-order valence-electron chi connectivity index (χ2n) is 6.81. The van der Waals surface area contributed by atoms with E-state index >= 15 is 0 Å². The molecule has 3 heterocycles. The van der Waals surface area contributed by atoms with Crippen LogP contribution in [0, 0.1) is 6.92 Å². The first kappa shape index (κ1) is 16.8. The summed E-state index contributed by atoms with van der Waals surface area (Å²) in [6.45, 7) is 7.28. The number of aryl methyl sites for hydroxylation is 1. The van der Waals surface area contributed by atoms with Gasteiger partial charge in [-0.25, -0.2) is 0 Å². The summed E-state index contributed by atoms with van der Waals surface area (Å²) in [4.78, 5) is 20.6. The van der Waals surface area contributed by atoms with E-state index in [4.69, 9.17) is 0 Å². The van der Waals surface area contributed by atoms with Crippen molar-refractivity contribution in [3.05, 3.63) is 48.2 Å². The van der Waals surface area contributed by atoms with E-state index in [9.17, 15) is 4.79 Å². The Labute approximate surface area is 152 Å². The lowest BCUT2D eigenvalue weighted by Crippen LogP contribution is -2.36. The molecule has 1 aromatic carbocycles. The van der Waals surface area contributed by atoms with Crippen LogP contribution in [0.15, 0.2) is 36.8 Å². The molecule has 7 heteroatoms. The quantitative estimate of drug-likeness (QED) is 0.779. The number of carbonyl (C=O) groups is 1. The van der Waals surface area contributed by atoms with Gasteiger partial charge in [-0.05, 0) is 32.0 Å². The molecule has 0 radical (unpaired) electrons. The predicted molar refractivity (Wildman–Crippen MR) is 100 cm³/mol. The maximum Gasteiger partial charge on any atom is 0.256 e. The Balaban J connectivity index is 1.39. The number of amides is 1. The molecule has 3 aromatic rings. The van der Waals surface area contributed by atoms with Crippen molar-refractivity contribution in [1.29, 1.82) is 0 Å². The summed E-state index contributed by atoms with van der Waals surface area (Å²) in [7, 11) is 0. The first-order valence-electron chi connectivity index (χ1n) is 9.14. The van der Waals surface area contributed by atoms with Gasteiger partial charge in [0.05, 0.1) is 11.1 Å². The number of fused-ring (bicyclic) bond motifs is 1. The lowest BCUT2D eigenvalue weighted by molar-refractivity contribution is 0.0763. The SMILES string of the molecule is Cc1nncn1CCN1CCCN(C(=O)c2cccc3cc[nH]c23)CC1. The average molecular weight is 352 g/mol. The molecule has 0 aliphatic carbocycles. The molecule has 1 fully saturated rings. The third-order valence-electron chi connectivity index (χ3n) is 5.16. The van der Waals surface area contributed by atoms with Crippen molar-refractivity contribution in [3.63, 3.8) is 0 Å². The molecule has 0 bridgehead atoms. The van der Waals surface area contributed by atoms with E-state index < -0.39 is 0 Å². The Morgan fingerprint density at radius 2 is 2.08 bits per heavy atom. The Bertz CT molecular complexity index is 898. The van der Waals surface area contributed by atoms with Crippen LogP contribution in [0.3, 0.4) is 0 Å². The first-order chi connectivity index (χ1) is 12.7. The number of benzene rings is 1. The van der Waals surface area contributed by atoms with Crippen molar-refractivity contribution in [2.45, 2.75) is 19.9 Å². The second-order valence-corrected chi connectivity index (χ2v) is 6.81. The van der Waals surface area contributed by atoms with E-state index in [2.05, 4.69) is 24.6 Å². The normalized spacial score (nSPS) is 16.1. The van der Waals surface area contributed by atoms with Crippen LogP contribution >= 0.6 is 0 Å². The number of aromatic nitrogens is 4. The fourth-order valence-electron chi connectivity index (χ4n) is 3.61.